The molecular formula is C14H18BrClN4. The minimum atomic E-state index is 0.151. The van der Waals surface area contributed by atoms with E-state index in [1.807, 2.05) is 25.0 Å². The predicted molar refractivity (Wildman–Crippen MR) is 85.0 cm³/mol. The number of rotatable bonds is 5. The molecule has 6 heteroatoms. The van der Waals surface area contributed by atoms with Crippen molar-refractivity contribution in [1.29, 1.82) is 0 Å². The molecule has 0 radical (unpaired) electrons. The fourth-order valence-electron chi connectivity index (χ4n) is 2.24. The van der Waals surface area contributed by atoms with Crippen LogP contribution in [0.2, 0.25) is 5.02 Å². The third-order valence-corrected chi connectivity index (χ3v) is 4.25. The second kappa shape index (κ2) is 6.70. The largest absolute Gasteiger partial charge is 0.313 e. The molecule has 0 aromatic carbocycles. The molecule has 0 aliphatic heterocycles. The Balaban J connectivity index is 2.29. The second-order valence-corrected chi connectivity index (χ2v) is 5.96. The zero-order valence-electron chi connectivity index (χ0n) is 11.8. The Morgan fingerprint density at radius 2 is 2.20 bits per heavy atom. The van der Waals surface area contributed by atoms with Gasteiger partial charge < -0.3 is 5.32 Å². The molecule has 0 spiro atoms. The fourth-order valence-corrected chi connectivity index (χ4v) is 2.99. The summed E-state index contributed by atoms with van der Waals surface area (Å²) in [6, 6.07) is 2.22. The van der Waals surface area contributed by atoms with Gasteiger partial charge in [-0.1, -0.05) is 18.5 Å². The zero-order chi connectivity index (χ0) is 14.7. The van der Waals surface area contributed by atoms with E-state index in [0.717, 1.165) is 39.3 Å². The Labute approximate surface area is 132 Å². The summed E-state index contributed by atoms with van der Waals surface area (Å²) in [5, 5.41) is 8.55. The van der Waals surface area contributed by atoms with Crippen LogP contribution in [-0.4, -0.2) is 21.8 Å². The van der Waals surface area contributed by atoms with Gasteiger partial charge in [-0.25, -0.2) is 0 Å². The van der Waals surface area contributed by atoms with Gasteiger partial charge in [0.25, 0.3) is 0 Å². The van der Waals surface area contributed by atoms with Gasteiger partial charge in [0.1, 0.15) is 0 Å². The van der Waals surface area contributed by atoms with Crippen LogP contribution in [0.5, 0.6) is 0 Å². The van der Waals surface area contributed by atoms with Crippen molar-refractivity contribution in [2.75, 3.05) is 7.05 Å². The Hall–Kier alpha value is -0.910. The molecule has 2 rings (SSSR count). The van der Waals surface area contributed by atoms with E-state index >= 15 is 0 Å². The third kappa shape index (κ3) is 3.22. The molecule has 108 valence electrons. The van der Waals surface area contributed by atoms with E-state index in [2.05, 4.69) is 44.3 Å². The minimum absolute atomic E-state index is 0.151. The van der Waals surface area contributed by atoms with Crippen LogP contribution in [0.3, 0.4) is 0 Å². The first-order chi connectivity index (χ1) is 9.56. The van der Waals surface area contributed by atoms with E-state index in [-0.39, 0.29) is 6.04 Å². The maximum absolute atomic E-state index is 6.41. The molecule has 2 aromatic rings. The summed E-state index contributed by atoms with van der Waals surface area (Å²) in [7, 11) is 3.88. The molecule has 4 nitrogen and oxygen atoms in total. The monoisotopic (exact) mass is 356 g/mol. The van der Waals surface area contributed by atoms with Gasteiger partial charge in [-0.2, -0.15) is 5.10 Å². The number of nitrogens with one attached hydrogen (secondary N) is 1. The SMILES string of the molecule is CCc1nn(C)c(CC(NC)c2cncc(Br)c2)c1Cl. The summed E-state index contributed by atoms with van der Waals surface area (Å²) in [4.78, 5) is 4.22. The fraction of sp³-hybridized carbons (Fsp3) is 0.429. The molecule has 0 amide bonds. The molecule has 1 atom stereocenters. The van der Waals surface area contributed by atoms with Crippen LogP contribution in [0.1, 0.15) is 29.9 Å². The van der Waals surface area contributed by atoms with Crippen LogP contribution in [0, 0.1) is 0 Å². The van der Waals surface area contributed by atoms with Gasteiger partial charge in [-0.3, -0.25) is 9.67 Å². The number of likely N-dealkylation sites (N-methyl/N-ethyl adjacent to an activating group) is 1. The van der Waals surface area contributed by atoms with Crippen LogP contribution in [0.4, 0.5) is 0 Å². The molecule has 1 unspecified atom stereocenters. The zero-order valence-corrected chi connectivity index (χ0v) is 14.2. The lowest BCUT2D eigenvalue weighted by atomic mass is 10.0. The molecule has 0 aliphatic rings. The number of hydrogen-bond acceptors (Lipinski definition) is 3. The van der Waals surface area contributed by atoms with Crippen LogP contribution in [0.15, 0.2) is 22.9 Å². The summed E-state index contributed by atoms with van der Waals surface area (Å²) in [5.74, 6) is 0. The summed E-state index contributed by atoms with van der Waals surface area (Å²) in [5.41, 5.74) is 3.12. The van der Waals surface area contributed by atoms with Crippen LogP contribution in [0.25, 0.3) is 0 Å². The first-order valence-corrected chi connectivity index (χ1v) is 7.71. The molecule has 1 N–H and O–H groups in total. The van der Waals surface area contributed by atoms with Crippen molar-refractivity contribution in [2.24, 2.45) is 7.05 Å². The molecule has 2 aromatic heterocycles. The van der Waals surface area contributed by atoms with Gasteiger partial charge in [0.2, 0.25) is 0 Å². The van der Waals surface area contributed by atoms with Crippen LogP contribution in [-0.2, 0) is 19.9 Å². The number of aryl methyl sites for hydroxylation is 2. The predicted octanol–water partition coefficient (Wildman–Crippen LogP) is 3.30. The van der Waals surface area contributed by atoms with Gasteiger partial charge in [0, 0.05) is 36.4 Å². The summed E-state index contributed by atoms with van der Waals surface area (Å²) in [6.07, 6.45) is 5.27. The number of nitrogens with zero attached hydrogens (tertiary/aromatic N) is 3. The van der Waals surface area contributed by atoms with E-state index in [4.69, 9.17) is 11.6 Å². The topological polar surface area (TPSA) is 42.7 Å². The van der Waals surface area contributed by atoms with Crippen molar-refractivity contribution in [1.82, 2.24) is 20.1 Å². The van der Waals surface area contributed by atoms with Gasteiger partial charge in [0.05, 0.1) is 16.4 Å². The first kappa shape index (κ1) is 15.5. The van der Waals surface area contributed by atoms with Crippen LogP contribution < -0.4 is 5.32 Å². The average Bonchev–Trinajstić information content (AvgIpc) is 2.71. The minimum Gasteiger partial charge on any atom is -0.313 e. The van der Waals surface area contributed by atoms with Gasteiger partial charge in [0.15, 0.2) is 0 Å². The second-order valence-electron chi connectivity index (χ2n) is 4.67. The molecule has 0 fully saturated rings. The van der Waals surface area contributed by atoms with Crippen molar-refractivity contribution < 1.29 is 0 Å². The number of aromatic nitrogens is 3. The highest BCUT2D eigenvalue weighted by Crippen LogP contribution is 2.26. The van der Waals surface area contributed by atoms with Gasteiger partial charge in [-0.05, 0) is 41.0 Å². The maximum Gasteiger partial charge on any atom is 0.0850 e. The molecule has 0 aliphatic carbocycles. The van der Waals surface area contributed by atoms with Crippen molar-refractivity contribution in [2.45, 2.75) is 25.8 Å². The van der Waals surface area contributed by atoms with E-state index < -0.39 is 0 Å². The Morgan fingerprint density at radius 3 is 2.75 bits per heavy atom. The molecule has 0 saturated carbocycles. The lowest BCUT2D eigenvalue weighted by molar-refractivity contribution is 0.559. The smallest absolute Gasteiger partial charge is 0.0850 e. The highest BCUT2D eigenvalue weighted by Gasteiger charge is 2.18. The van der Waals surface area contributed by atoms with Gasteiger partial charge in [-0.15, -0.1) is 0 Å². The quantitative estimate of drug-likeness (QED) is 0.893. The normalized spacial score (nSPS) is 12.7. The summed E-state index contributed by atoms with van der Waals surface area (Å²) < 4.78 is 2.84. The molecule has 2 heterocycles. The Bertz CT molecular complexity index is 597. The van der Waals surface area contributed by atoms with Gasteiger partial charge >= 0.3 is 0 Å². The van der Waals surface area contributed by atoms with Crippen molar-refractivity contribution in [3.63, 3.8) is 0 Å². The van der Waals surface area contributed by atoms with E-state index in [1.54, 1.807) is 6.20 Å². The standard InChI is InChI=1S/C14H18BrClN4/c1-4-11-14(16)13(20(3)19-11)6-12(17-2)9-5-10(15)8-18-7-9/h5,7-8,12,17H,4,6H2,1-3H3. The summed E-state index contributed by atoms with van der Waals surface area (Å²) >= 11 is 9.87. The maximum atomic E-state index is 6.41. The summed E-state index contributed by atoms with van der Waals surface area (Å²) in [6.45, 7) is 2.06. The van der Waals surface area contributed by atoms with E-state index in [0.29, 0.717) is 0 Å². The van der Waals surface area contributed by atoms with Crippen molar-refractivity contribution in [3.05, 3.63) is 44.9 Å². The van der Waals surface area contributed by atoms with Crippen molar-refractivity contribution >= 4 is 27.5 Å². The lowest BCUT2D eigenvalue weighted by Crippen LogP contribution is -2.20. The number of pyridine rings is 1. The number of hydrogen-bond donors (Lipinski definition) is 1. The third-order valence-electron chi connectivity index (χ3n) is 3.38. The molecule has 0 bridgehead atoms. The highest BCUT2D eigenvalue weighted by atomic mass is 79.9. The van der Waals surface area contributed by atoms with E-state index in [1.165, 1.54) is 0 Å². The average molecular weight is 358 g/mol. The Kier molecular flexibility index (Phi) is 5.18. The lowest BCUT2D eigenvalue weighted by Gasteiger charge is -2.17. The first-order valence-electron chi connectivity index (χ1n) is 6.54. The Morgan fingerprint density at radius 1 is 1.45 bits per heavy atom. The van der Waals surface area contributed by atoms with Crippen LogP contribution >= 0.6 is 27.5 Å². The molecular weight excluding hydrogens is 340 g/mol. The molecule has 20 heavy (non-hydrogen) atoms. The number of halogens is 2. The van der Waals surface area contributed by atoms with E-state index in [9.17, 15) is 0 Å². The molecule has 0 saturated heterocycles. The van der Waals surface area contributed by atoms with Crippen molar-refractivity contribution in [3.8, 4) is 0 Å². The highest BCUT2D eigenvalue weighted by molar-refractivity contribution is 9.10.